The molecule has 0 saturated carbocycles. The molecule has 0 radical (unpaired) electrons. The van der Waals surface area contributed by atoms with Gasteiger partial charge in [0.2, 0.25) is 0 Å². The van der Waals surface area contributed by atoms with Gasteiger partial charge in [-0.15, -0.1) is 0 Å². The number of methoxy groups -OCH3 is 1. The topological polar surface area (TPSA) is 87.1 Å². The number of aliphatic hydroxyl groups is 1. The van der Waals surface area contributed by atoms with Crippen molar-refractivity contribution in [3.63, 3.8) is 0 Å². The van der Waals surface area contributed by atoms with Gasteiger partial charge >= 0.3 is 0 Å². The molecule has 1 amide bonds. The van der Waals surface area contributed by atoms with Crippen LogP contribution in [-0.4, -0.2) is 29.0 Å². The summed E-state index contributed by atoms with van der Waals surface area (Å²) >= 11 is 3.47. The minimum Gasteiger partial charge on any atom is -0.508 e. The normalized spacial score (nSPS) is 17.6. The summed E-state index contributed by atoms with van der Waals surface area (Å²) in [5.41, 5.74) is 2.28. The van der Waals surface area contributed by atoms with Crippen LogP contribution < -0.4 is 9.64 Å². The molecule has 0 bridgehead atoms. The molecule has 7 heteroatoms. The Labute approximate surface area is 193 Å². The minimum atomic E-state index is -0.918. The van der Waals surface area contributed by atoms with Crippen LogP contribution in [0.15, 0.2) is 76.8 Å². The Morgan fingerprint density at radius 3 is 2.38 bits per heavy atom. The van der Waals surface area contributed by atoms with E-state index in [0.717, 1.165) is 10.0 Å². The molecule has 3 aromatic rings. The quantitative estimate of drug-likeness (QED) is 0.300. The molecule has 6 nitrogen and oxygen atoms in total. The first-order valence-corrected chi connectivity index (χ1v) is 10.6. The maximum atomic E-state index is 13.2. The lowest BCUT2D eigenvalue weighted by molar-refractivity contribution is -0.132. The molecule has 0 aliphatic carbocycles. The Bertz CT molecular complexity index is 1250. The standard InChI is InChI=1S/C25H20BrNO5/c1-14-6-9-17(13-20(14)26)27-22(16-4-3-5-18(28)12-16)21(24(30)25(27)31)23(29)15-7-10-19(32-2)11-8-15/h3-13,22,28-29H,1-2H3/t22-/m0/s1. The van der Waals surface area contributed by atoms with Gasteiger partial charge in [-0.2, -0.15) is 0 Å². The minimum absolute atomic E-state index is 0.0115. The summed E-state index contributed by atoms with van der Waals surface area (Å²) in [4.78, 5) is 27.6. The van der Waals surface area contributed by atoms with Gasteiger partial charge in [0.1, 0.15) is 17.3 Å². The number of phenols is 1. The summed E-state index contributed by atoms with van der Waals surface area (Å²) < 4.78 is 5.93. The lowest BCUT2D eigenvalue weighted by Gasteiger charge is -2.26. The van der Waals surface area contributed by atoms with Crippen molar-refractivity contribution in [3.05, 3.63) is 93.5 Å². The number of hydrogen-bond acceptors (Lipinski definition) is 5. The average molecular weight is 494 g/mol. The van der Waals surface area contributed by atoms with Crippen molar-refractivity contribution in [3.8, 4) is 11.5 Å². The molecule has 2 N–H and O–H groups in total. The molecule has 1 aliphatic heterocycles. The molecule has 1 atom stereocenters. The highest BCUT2D eigenvalue weighted by Gasteiger charge is 2.47. The second-order valence-corrected chi connectivity index (χ2v) is 8.28. The Morgan fingerprint density at radius 2 is 1.75 bits per heavy atom. The van der Waals surface area contributed by atoms with Crippen molar-refractivity contribution in [1.82, 2.24) is 0 Å². The van der Waals surface area contributed by atoms with Crippen LogP contribution in [-0.2, 0) is 9.59 Å². The monoisotopic (exact) mass is 493 g/mol. The number of carbonyl (C=O) groups is 2. The van der Waals surface area contributed by atoms with Gasteiger partial charge in [-0.25, -0.2) is 0 Å². The highest BCUT2D eigenvalue weighted by atomic mass is 79.9. The number of nitrogens with zero attached hydrogens (tertiary/aromatic N) is 1. The second kappa shape index (κ2) is 8.51. The van der Waals surface area contributed by atoms with Gasteiger partial charge < -0.3 is 14.9 Å². The molecule has 1 heterocycles. The Hall–Kier alpha value is -3.58. The maximum Gasteiger partial charge on any atom is 0.300 e. The molecule has 4 rings (SSSR count). The number of aromatic hydroxyl groups is 1. The fourth-order valence-corrected chi connectivity index (χ4v) is 4.11. The third kappa shape index (κ3) is 3.76. The summed E-state index contributed by atoms with van der Waals surface area (Å²) in [6, 6.07) is 17.3. The molecule has 1 saturated heterocycles. The van der Waals surface area contributed by atoms with E-state index in [9.17, 15) is 19.8 Å². The fourth-order valence-electron chi connectivity index (χ4n) is 3.75. The van der Waals surface area contributed by atoms with E-state index in [0.29, 0.717) is 22.6 Å². The van der Waals surface area contributed by atoms with Crippen LogP contribution in [0, 0.1) is 6.92 Å². The second-order valence-electron chi connectivity index (χ2n) is 7.43. The van der Waals surface area contributed by atoms with Gasteiger partial charge in [-0.05, 0) is 66.6 Å². The van der Waals surface area contributed by atoms with Gasteiger partial charge in [0.25, 0.3) is 11.7 Å². The lowest BCUT2D eigenvalue weighted by Crippen LogP contribution is -2.29. The molecule has 32 heavy (non-hydrogen) atoms. The number of ether oxygens (including phenoxy) is 1. The van der Waals surface area contributed by atoms with E-state index < -0.39 is 17.7 Å². The number of amides is 1. The third-order valence-electron chi connectivity index (χ3n) is 5.43. The van der Waals surface area contributed by atoms with Crippen molar-refractivity contribution in [2.45, 2.75) is 13.0 Å². The number of hydrogen-bond donors (Lipinski definition) is 2. The number of carbonyl (C=O) groups excluding carboxylic acids is 2. The Balaban J connectivity index is 1.94. The van der Waals surface area contributed by atoms with Gasteiger partial charge in [-0.1, -0.05) is 34.1 Å². The van der Waals surface area contributed by atoms with Crippen molar-refractivity contribution in [2.75, 3.05) is 12.0 Å². The SMILES string of the molecule is COc1ccc(C(O)=C2C(=O)C(=O)N(c3ccc(C)c(Br)c3)[C@H]2c2cccc(O)c2)cc1. The number of Topliss-reactive ketones (excluding diaryl/α,β-unsaturated/α-hetero) is 1. The van der Waals surface area contributed by atoms with E-state index in [4.69, 9.17) is 4.74 Å². The van der Waals surface area contributed by atoms with Gasteiger partial charge in [-0.3, -0.25) is 14.5 Å². The summed E-state index contributed by atoms with van der Waals surface area (Å²) in [5, 5.41) is 21.2. The summed E-state index contributed by atoms with van der Waals surface area (Å²) in [6.45, 7) is 1.92. The fraction of sp³-hybridized carbons (Fsp3) is 0.120. The largest absolute Gasteiger partial charge is 0.508 e. The van der Waals surface area contributed by atoms with Crippen LogP contribution in [0.1, 0.15) is 22.7 Å². The maximum absolute atomic E-state index is 13.2. The van der Waals surface area contributed by atoms with Crippen LogP contribution in [0.5, 0.6) is 11.5 Å². The zero-order valence-electron chi connectivity index (χ0n) is 17.4. The van der Waals surface area contributed by atoms with Crippen LogP contribution in [0.4, 0.5) is 5.69 Å². The molecular formula is C25H20BrNO5. The molecule has 1 fully saturated rings. The third-order valence-corrected chi connectivity index (χ3v) is 6.28. The van der Waals surface area contributed by atoms with Crippen LogP contribution in [0.2, 0.25) is 0 Å². The van der Waals surface area contributed by atoms with Crippen LogP contribution >= 0.6 is 15.9 Å². The van der Waals surface area contributed by atoms with Crippen molar-refractivity contribution in [2.24, 2.45) is 0 Å². The van der Waals surface area contributed by atoms with E-state index in [1.54, 1.807) is 48.5 Å². The molecule has 162 valence electrons. The molecule has 0 unspecified atom stereocenters. The van der Waals surface area contributed by atoms with Gasteiger partial charge in [0.05, 0.1) is 18.7 Å². The van der Waals surface area contributed by atoms with E-state index in [1.807, 2.05) is 13.0 Å². The van der Waals surface area contributed by atoms with E-state index >= 15 is 0 Å². The van der Waals surface area contributed by atoms with Gasteiger partial charge in [0.15, 0.2) is 0 Å². The molecule has 0 aromatic heterocycles. The molecule has 0 spiro atoms. The molecule has 3 aromatic carbocycles. The number of anilines is 1. The first kappa shape index (κ1) is 21.6. The lowest BCUT2D eigenvalue weighted by atomic mass is 9.95. The van der Waals surface area contributed by atoms with Crippen LogP contribution in [0.3, 0.4) is 0 Å². The van der Waals surface area contributed by atoms with E-state index in [2.05, 4.69) is 15.9 Å². The summed E-state index contributed by atoms with van der Waals surface area (Å²) in [5.74, 6) is -1.28. The number of aliphatic hydroxyl groups excluding tert-OH is 1. The van der Waals surface area contributed by atoms with E-state index in [-0.39, 0.29) is 17.1 Å². The number of rotatable bonds is 4. The highest BCUT2D eigenvalue weighted by Crippen LogP contribution is 2.43. The van der Waals surface area contributed by atoms with Crippen molar-refractivity contribution in [1.29, 1.82) is 0 Å². The van der Waals surface area contributed by atoms with Crippen molar-refractivity contribution < 1.29 is 24.5 Å². The van der Waals surface area contributed by atoms with E-state index in [1.165, 1.54) is 24.1 Å². The zero-order valence-corrected chi connectivity index (χ0v) is 19.0. The first-order chi connectivity index (χ1) is 15.3. The summed E-state index contributed by atoms with van der Waals surface area (Å²) in [6.07, 6.45) is 0. The Kier molecular flexibility index (Phi) is 5.76. The highest BCUT2D eigenvalue weighted by molar-refractivity contribution is 9.10. The van der Waals surface area contributed by atoms with Crippen molar-refractivity contribution >= 4 is 39.1 Å². The zero-order chi connectivity index (χ0) is 23.0. The molecular weight excluding hydrogens is 474 g/mol. The van der Waals surface area contributed by atoms with Gasteiger partial charge in [0, 0.05) is 15.7 Å². The van der Waals surface area contributed by atoms with Crippen LogP contribution in [0.25, 0.3) is 5.76 Å². The summed E-state index contributed by atoms with van der Waals surface area (Å²) in [7, 11) is 1.53. The number of ketones is 1. The Morgan fingerprint density at radius 1 is 1.03 bits per heavy atom. The first-order valence-electron chi connectivity index (χ1n) is 9.82. The predicted octanol–water partition coefficient (Wildman–Crippen LogP) is 5.10. The number of benzene rings is 3. The smallest absolute Gasteiger partial charge is 0.300 e. The number of halogens is 1. The predicted molar refractivity (Wildman–Crippen MR) is 125 cm³/mol. The average Bonchev–Trinajstić information content (AvgIpc) is 3.06. The number of aryl methyl sites for hydroxylation is 1. The number of phenolic OH excluding ortho intramolecular Hbond substituents is 1. The molecule has 1 aliphatic rings.